The van der Waals surface area contributed by atoms with E-state index in [0.717, 1.165) is 6.42 Å². The molecule has 4 rings (SSSR count). The van der Waals surface area contributed by atoms with Crippen molar-refractivity contribution in [3.05, 3.63) is 144 Å². The Balaban J connectivity index is 1.91. The highest BCUT2D eigenvalue weighted by Gasteiger charge is 2.38. The fraction of sp³-hybridized carbons (Fsp3) is 0.143. The second kappa shape index (κ2) is 8.27. The van der Waals surface area contributed by atoms with Crippen molar-refractivity contribution in [2.45, 2.75) is 24.7 Å². The van der Waals surface area contributed by atoms with E-state index in [2.05, 4.69) is 128 Å². The number of hydrogen-bond acceptors (Lipinski definition) is 0. The van der Waals surface area contributed by atoms with Crippen LogP contribution in [0.3, 0.4) is 0 Å². The average Bonchev–Trinajstić information content (AvgIpc) is 2.79. The van der Waals surface area contributed by atoms with Gasteiger partial charge in [-0.25, -0.2) is 0 Å². The third-order valence-corrected chi connectivity index (χ3v) is 5.93. The van der Waals surface area contributed by atoms with Gasteiger partial charge in [0.1, 0.15) is 0 Å². The Labute approximate surface area is 168 Å². The maximum atomic E-state index is 2.40. The molecule has 0 nitrogen and oxygen atoms in total. The van der Waals surface area contributed by atoms with Crippen LogP contribution in [-0.2, 0) is 11.8 Å². The van der Waals surface area contributed by atoms with Crippen LogP contribution in [0.25, 0.3) is 0 Å². The van der Waals surface area contributed by atoms with E-state index in [1.807, 2.05) is 0 Å². The molecule has 1 unspecified atom stereocenters. The summed E-state index contributed by atoms with van der Waals surface area (Å²) in [5.41, 5.74) is 5.31. The van der Waals surface area contributed by atoms with Crippen LogP contribution in [0.1, 0.15) is 35.1 Å². The molecule has 1 atom stereocenters. The molecule has 0 amide bonds. The van der Waals surface area contributed by atoms with Gasteiger partial charge in [-0.2, -0.15) is 0 Å². The van der Waals surface area contributed by atoms with Crippen LogP contribution in [0, 0.1) is 0 Å². The van der Waals surface area contributed by atoms with Crippen LogP contribution in [-0.4, -0.2) is 0 Å². The summed E-state index contributed by atoms with van der Waals surface area (Å²) in [4.78, 5) is 0. The Kier molecular flexibility index (Phi) is 5.39. The third kappa shape index (κ3) is 3.64. The lowest BCUT2D eigenvalue weighted by Crippen LogP contribution is -2.33. The number of rotatable bonds is 6. The highest BCUT2D eigenvalue weighted by atomic mass is 14.4. The van der Waals surface area contributed by atoms with Gasteiger partial charge in [-0.1, -0.05) is 128 Å². The first-order valence-corrected chi connectivity index (χ1v) is 9.98. The largest absolute Gasteiger partial charge is 0.0622 e. The fourth-order valence-electron chi connectivity index (χ4n) is 4.33. The van der Waals surface area contributed by atoms with E-state index in [0.29, 0.717) is 5.92 Å². The molecule has 0 saturated heterocycles. The Bertz CT molecular complexity index is 934. The summed E-state index contributed by atoms with van der Waals surface area (Å²) in [6, 6.07) is 43.7. The molecule has 0 aliphatic rings. The monoisotopic (exact) mass is 362 g/mol. The molecule has 0 bridgehead atoms. The molecular formula is C28H26. The van der Waals surface area contributed by atoms with Gasteiger partial charge in [-0.15, -0.1) is 0 Å². The predicted octanol–water partition coefficient (Wildman–Crippen LogP) is 7.02. The zero-order valence-electron chi connectivity index (χ0n) is 16.3. The SMILES string of the molecule is CC(c1ccccc1)(c1ccccc1)C(Cc1ccccc1)c1ccccc1. The second-order valence-electron chi connectivity index (χ2n) is 7.59. The molecule has 0 heterocycles. The first-order chi connectivity index (χ1) is 13.8. The van der Waals surface area contributed by atoms with Crippen LogP contribution >= 0.6 is 0 Å². The molecular weight excluding hydrogens is 336 g/mol. The van der Waals surface area contributed by atoms with Gasteiger partial charge in [0.25, 0.3) is 0 Å². The number of hydrogen-bond donors (Lipinski definition) is 0. The van der Waals surface area contributed by atoms with E-state index in [-0.39, 0.29) is 5.41 Å². The molecule has 0 aliphatic heterocycles. The van der Waals surface area contributed by atoms with Gasteiger partial charge in [0.05, 0.1) is 0 Å². The Morgan fingerprint density at radius 1 is 0.536 bits per heavy atom. The van der Waals surface area contributed by atoms with Crippen molar-refractivity contribution in [1.82, 2.24) is 0 Å². The average molecular weight is 363 g/mol. The first kappa shape index (κ1) is 18.3. The molecule has 28 heavy (non-hydrogen) atoms. The van der Waals surface area contributed by atoms with Gasteiger partial charge < -0.3 is 0 Å². The van der Waals surface area contributed by atoms with Gasteiger partial charge in [-0.3, -0.25) is 0 Å². The summed E-state index contributed by atoms with van der Waals surface area (Å²) < 4.78 is 0. The smallest absolute Gasteiger partial charge is 0.0246 e. The molecule has 0 heteroatoms. The lowest BCUT2D eigenvalue weighted by molar-refractivity contribution is 0.442. The minimum Gasteiger partial charge on any atom is -0.0622 e. The van der Waals surface area contributed by atoms with Gasteiger partial charge in [-0.05, 0) is 28.7 Å². The maximum Gasteiger partial charge on any atom is 0.0246 e. The molecule has 0 N–H and O–H groups in total. The second-order valence-corrected chi connectivity index (χ2v) is 7.59. The van der Waals surface area contributed by atoms with Gasteiger partial charge >= 0.3 is 0 Å². The van der Waals surface area contributed by atoms with Crippen LogP contribution in [0.5, 0.6) is 0 Å². The van der Waals surface area contributed by atoms with E-state index >= 15 is 0 Å². The molecule has 0 fully saturated rings. The van der Waals surface area contributed by atoms with Crippen molar-refractivity contribution in [3.8, 4) is 0 Å². The lowest BCUT2D eigenvalue weighted by Gasteiger charge is -2.40. The van der Waals surface area contributed by atoms with Crippen molar-refractivity contribution in [3.63, 3.8) is 0 Å². The molecule has 138 valence electrons. The predicted molar refractivity (Wildman–Crippen MR) is 119 cm³/mol. The Morgan fingerprint density at radius 3 is 1.39 bits per heavy atom. The highest BCUT2D eigenvalue weighted by Crippen LogP contribution is 2.46. The summed E-state index contributed by atoms with van der Waals surface area (Å²) in [5.74, 6) is 0.320. The van der Waals surface area contributed by atoms with Crippen molar-refractivity contribution >= 4 is 0 Å². The molecule has 4 aromatic rings. The summed E-state index contributed by atoms with van der Waals surface area (Å²) in [7, 11) is 0. The molecule has 0 radical (unpaired) electrons. The van der Waals surface area contributed by atoms with Gasteiger partial charge in [0.15, 0.2) is 0 Å². The molecule has 0 spiro atoms. The molecule has 4 aromatic carbocycles. The lowest BCUT2D eigenvalue weighted by atomic mass is 9.63. The van der Waals surface area contributed by atoms with Crippen LogP contribution in [0.2, 0.25) is 0 Å². The maximum absolute atomic E-state index is 2.40. The normalized spacial score (nSPS) is 12.5. The van der Waals surface area contributed by atoms with Gasteiger partial charge in [0, 0.05) is 11.3 Å². The van der Waals surface area contributed by atoms with Crippen molar-refractivity contribution in [2.75, 3.05) is 0 Å². The standard InChI is InChI=1S/C28H26/c1-28(25-18-10-4-11-19-25,26-20-12-5-13-21-26)27(24-16-8-3-9-17-24)22-23-14-6-2-7-15-23/h2-21,27H,22H2,1H3. The zero-order valence-corrected chi connectivity index (χ0v) is 16.3. The van der Waals surface area contributed by atoms with Crippen molar-refractivity contribution in [2.24, 2.45) is 0 Å². The van der Waals surface area contributed by atoms with Gasteiger partial charge in [0.2, 0.25) is 0 Å². The third-order valence-electron chi connectivity index (χ3n) is 5.93. The van der Waals surface area contributed by atoms with Crippen LogP contribution in [0.15, 0.2) is 121 Å². The Hall–Kier alpha value is -3.12. The topological polar surface area (TPSA) is 0 Å². The fourth-order valence-corrected chi connectivity index (χ4v) is 4.33. The van der Waals surface area contributed by atoms with E-state index in [1.54, 1.807) is 0 Å². The highest BCUT2D eigenvalue weighted by molar-refractivity contribution is 5.45. The van der Waals surface area contributed by atoms with Crippen LogP contribution in [0.4, 0.5) is 0 Å². The quantitative estimate of drug-likeness (QED) is 0.346. The van der Waals surface area contributed by atoms with Crippen molar-refractivity contribution < 1.29 is 0 Å². The van der Waals surface area contributed by atoms with E-state index in [4.69, 9.17) is 0 Å². The molecule has 0 aliphatic carbocycles. The molecule has 0 saturated carbocycles. The summed E-state index contributed by atoms with van der Waals surface area (Å²) >= 11 is 0. The minimum atomic E-state index is -0.139. The summed E-state index contributed by atoms with van der Waals surface area (Å²) in [6.45, 7) is 2.40. The zero-order chi connectivity index (χ0) is 19.2. The van der Waals surface area contributed by atoms with Crippen LogP contribution < -0.4 is 0 Å². The van der Waals surface area contributed by atoms with E-state index < -0.39 is 0 Å². The molecule has 0 aromatic heterocycles. The Morgan fingerprint density at radius 2 is 0.929 bits per heavy atom. The first-order valence-electron chi connectivity index (χ1n) is 9.98. The number of benzene rings is 4. The van der Waals surface area contributed by atoms with E-state index in [1.165, 1.54) is 22.3 Å². The minimum absolute atomic E-state index is 0.139. The van der Waals surface area contributed by atoms with Crippen molar-refractivity contribution in [1.29, 1.82) is 0 Å². The summed E-state index contributed by atoms with van der Waals surface area (Å²) in [6.07, 6.45) is 0.991. The summed E-state index contributed by atoms with van der Waals surface area (Å²) in [5, 5.41) is 0. The van der Waals surface area contributed by atoms with E-state index in [9.17, 15) is 0 Å².